The summed E-state index contributed by atoms with van der Waals surface area (Å²) < 4.78 is 0. The third-order valence-electron chi connectivity index (χ3n) is 5.29. The van der Waals surface area contributed by atoms with Gasteiger partial charge in [-0.05, 0) is 25.1 Å². The zero-order valence-electron chi connectivity index (χ0n) is 15.7. The number of nitrogens with one attached hydrogen (secondary N) is 1. The van der Waals surface area contributed by atoms with E-state index in [0.717, 1.165) is 0 Å². The van der Waals surface area contributed by atoms with Crippen LogP contribution in [0.2, 0.25) is 5.02 Å². The molecule has 2 aliphatic rings. The number of rotatable bonds is 2. The van der Waals surface area contributed by atoms with E-state index in [9.17, 15) is 14.4 Å². The smallest absolute Gasteiger partial charge is 0.321 e. The van der Waals surface area contributed by atoms with Gasteiger partial charge < -0.3 is 20.0 Å². The van der Waals surface area contributed by atoms with E-state index in [1.165, 1.54) is 6.92 Å². The van der Waals surface area contributed by atoms with Crippen molar-refractivity contribution in [1.29, 1.82) is 0 Å². The molecule has 0 radical (unpaired) electrons. The lowest BCUT2D eigenvalue weighted by Crippen LogP contribution is -2.46. The Morgan fingerprint density at radius 2 is 1.89 bits per heavy atom. The van der Waals surface area contributed by atoms with Crippen molar-refractivity contribution in [3.8, 4) is 0 Å². The van der Waals surface area contributed by atoms with Crippen molar-refractivity contribution < 1.29 is 14.4 Å². The predicted molar refractivity (Wildman–Crippen MR) is 104 cm³/mol. The molecule has 146 valence electrons. The Balaban J connectivity index is 1.80. The first-order valence-corrected chi connectivity index (χ1v) is 9.54. The number of carbonyl (C=O) groups is 3. The summed E-state index contributed by atoms with van der Waals surface area (Å²) in [7, 11) is 0. The Bertz CT molecular complexity index is 756. The van der Waals surface area contributed by atoms with Gasteiger partial charge in [-0.2, -0.15) is 0 Å². The van der Waals surface area contributed by atoms with Crippen LogP contribution in [0, 0.1) is 5.41 Å². The molecule has 2 aliphatic heterocycles. The fourth-order valence-electron chi connectivity index (χ4n) is 3.95. The number of anilines is 1. The van der Waals surface area contributed by atoms with Gasteiger partial charge in [0.15, 0.2) is 0 Å². The zero-order valence-corrected chi connectivity index (χ0v) is 16.5. The number of hydrogen-bond donors (Lipinski definition) is 1. The molecule has 3 rings (SSSR count). The Labute approximate surface area is 164 Å². The monoisotopic (exact) mass is 392 g/mol. The Morgan fingerprint density at radius 1 is 1.19 bits per heavy atom. The van der Waals surface area contributed by atoms with Crippen molar-refractivity contribution in [3.63, 3.8) is 0 Å². The fourth-order valence-corrected chi connectivity index (χ4v) is 4.14. The second kappa shape index (κ2) is 7.76. The predicted octanol–water partition coefficient (Wildman–Crippen LogP) is 2.27. The van der Waals surface area contributed by atoms with Gasteiger partial charge in [0.25, 0.3) is 0 Å². The quantitative estimate of drug-likeness (QED) is 0.839. The summed E-state index contributed by atoms with van der Waals surface area (Å²) in [6.45, 7) is 6.48. The number of halogens is 1. The zero-order chi connectivity index (χ0) is 19.6. The molecular weight excluding hydrogens is 368 g/mol. The molecule has 27 heavy (non-hydrogen) atoms. The van der Waals surface area contributed by atoms with Crippen LogP contribution in [0.5, 0.6) is 0 Å². The van der Waals surface area contributed by atoms with Gasteiger partial charge in [-0.15, -0.1) is 0 Å². The number of carbonyl (C=O) groups excluding carboxylic acids is 3. The molecule has 1 N–H and O–H groups in total. The summed E-state index contributed by atoms with van der Waals surface area (Å²) in [5.41, 5.74) is 0.188. The van der Waals surface area contributed by atoms with Gasteiger partial charge in [0.05, 0.1) is 0 Å². The van der Waals surface area contributed by atoms with Crippen molar-refractivity contribution in [2.45, 2.75) is 20.3 Å². The molecular formula is C19H25ClN4O3. The van der Waals surface area contributed by atoms with Crippen LogP contribution in [0.15, 0.2) is 24.3 Å². The molecule has 4 amide bonds. The molecule has 1 aromatic rings. The lowest BCUT2D eigenvalue weighted by atomic mass is 9.86. The standard InChI is InChI=1S/C19H25ClN4O3/c1-3-22-11-19(10-17(22)26)12-23(14(2)25)7-8-24(13-19)18(27)21-16-6-4-5-15(20)9-16/h4-6,9H,3,7-8,10-13H2,1-2H3,(H,21,27). The van der Waals surface area contributed by atoms with Crippen LogP contribution in [0.3, 0.4) is 0 Å². The third kappa shape index (κ3) is 4.35. The number of likely N-dealkylation sites (tertiary alicyclic amines) is 1. The van der Waals surface area contributed by atoms with Gasteiger partial charge in [0, 0.05) is 68.7 Å². The number of urea groups is 1. The van der Waals surface area contributed by atoms with Crippen molar-refractivity contribution in [2.24, 2.45) is 5.41 Å². The SMILES string of the molecule is CCN1CC2(CC1=O)CN(C(C)=O)CCN(C(=O)Nc1cccc(Cl)c1)C2. The summed E-state index contributed by atoms with van der Waals surface area (Å²) in [4.78, 5) is 42.5. The topological polar surface area (TPSA) is 73.0 Å². The molecule has 1 atom stereocenters. The van der Waals surface area contributed by atoms with E-state index in [1.54, 1.807) is 39.0 Å². The first kappa shape index (κ1) is 19.5. The van der Waals surface area contributed by atoms with Gasteiger partial charge in [-0.25, -0.2) is 4.79 Å². The van der Waals surface area contributed by atoms with Crippen molar-refractivity contribution in [1.82, 2.24) is 14.7 Å². The second-order valence-corrected chi connectivity index (χ2v) is 7.82. The van der Waals surface area contributed by atoms with E-state index >= 15 is 0 Å². The van der Waals surface area contributed by atoms with Gasteiger partial charge in [0.2, 0.25) is 11.8 Å². The number of benzene rings is 1. The summed E-state index contributed by atoms with van der Waals surface area (Å²) in [5, 5.41) is 3.41. The van der Waals surface area contributed by atoms with Crippen molar-refractivity contribution >= 4 is 35.1 Å². The molecule has 0 bridgehead atoms. The van der Waals surface area contributed by atoms with E-state index in [2.05, 4.69) is 5.32 Å². The summed E-state index contributed by atoms with van der Waals surface area (Å²) in [5.74, 6) is 0.0481. The third-order valence-corrected chi connectivity index (χ3v) is 5.52. The van der Waals surface area contributed by atoms with Crippen LogP contribution in [-0.2, 0) is 9.59 Å². The highest BCUT2D eigenvalue weighted by Crippen LogP contribution is 2.35. The minimum absolute atomic E-state index is 0.0335. The highest BCUT2D eigenvalue weighted by atomic mass is 35.5. The van der Waals surface area contributed by atoms with E-state index in [-0.39, 0.29) is 17.8 Å². The highest BCUT2D eigenvalue weighted by Gasteiger charge is 2.47. The molecule has 2 saturated heterocycles. The van der Waals surface area contributed by atoms with Crippen LogP contribution in [0.1, 0.15) is 20.3 Å². The maximum Gasteiger partial charge on any atom is 0.321 e. The van der Waals surface area contributed by atoms with E-state index in [4.69, 9.17) is 11.6 Å². The lowest BCUT2D eigenvalue weighted by molar-refractivity contribution is -0.130. The minimum Gasteiger partial charge on any atom is -0.342 e. The summed E-state index contributed by atoms with van der Waals surface area (Å²) in [6.07, 6.45) is 0.353. The summed E-state index contributed by atoms with van der Waals surface area (Å²) in [6, 6.07) is 6.73. The van der Waals surface area contributed by atoms with Crippen LogP contribution < -0.4 is 5.32 Å². The van der Waals surface area contributed by atoms with E-state index in [0.29, 0.717) is 56.4 Å². The molecule has 7 nitrogen and oxygen atoms in total. The minimum atomic E-state index is -0.430. The molecule has 0 aliphatic carbocycles. The molecule has 1 unspecified atom stereocenters. The normalized spacial score (nSPS) is 22.9. The molecule has 2 fully saturated rings. The van der Waals surface area contributed by atoms with Gasteiger partial charge in [0.1, 0.15) is 0 Å². The van der Waals surface area contributed by atoms with Crippen LogP contribution >= 0.6 is 11.6 Å². The van der Waals surface area contributed by atoms with Gasteiger partial charge in [-0.3, -0.25) is 9.59 Å². The van der Waals surface area contributed by atoms with E-state index < -0.39 is 5.41 Å². The molecule has 1 spiro atoms. The van der Waals surface area contributed by atoms with Crippen LogP contribution in [0.25, 0.3) is 0 Å². The van der Waals surface area contributed by atoms with Crippen LogP contribution in [0.4, 0.5) is 10.5 Å². The lowest BCUT2D eigenvalue weighted by Gasteiger charge is -2.33. The first-order valence-electron chi connectivity index (χ1n) is 9.17. The molecule has 1 aromatic carbocycles. The number of hydrogen-bond acceptors (Lipinski definition) is 3. The average molecular weight is 393 g/mol. The average Bonchev–Trinajstić information content (AvgIpc) is 2.79. The highest BCUT2D eigenvalue weighted by molar-refractivity contribution is 6.30. The maximum absolute atomic E-state index is 12.9. The maximum atomic E-state index is 12.9. The largest absolute Gasteiger partial charge is 0.342 e. The van der Waals surface area contributed by atoms with E-state index in [1.807, 2.05) is 6.92 Å². The van der Waals surface area contributed by atoms with Gasteiger partial charge in [-0.1, -0.05) is 17.7 Å². The number of amides is 4. The van der Waals surface area contributed by atoms with Gasteiger partial charge >= 0.3 is 6.03 Å². The molecule has 0 aromatic heterocycles. The fraction of sp³-hybridized carbons (Fsp3) is 0.526. The molecule has 2 heterocycles. The molecule has 8 heteroatoms. The van der Waals surface area contributed by atoms with Crippen LogP contribution in [-0.4, -0.2) is 71.8 Å². The van der Waals surface area contributed by atoms with Crippen molar-refractivity contribution in [3.05, 3.63) is 29.3 Å². The molecule has 0 saturated carbocycles. The summed E-state index contributed by atoms with van der Waals surface area (Å²) >= 11 is 5.99. The first-order chi connectivity index (χ1) is 12.8. The van der Waals surface area contributed by atoms with Crippen molar-refractivity contribution in [2.75, 3.05) is 44.6 Å². The number of nitrogens with zero attached hydrogens (tertiary/aromatic N) is 3. The second-order valence-electron chi connectivity index (χ2n) is 7.39. The Kier molecular flexibility index (Phi) is 5.60. The Hall–Kier alpha value is -2.28. The Morgan fingerprint density at radius 3 is 2.52 bits per heavy atom.